The third-order valence-electron chi connectivity index (χ3n) is 4.31. The number of carbonyl (C=O) groups is 1. The van der Waals surface area contributed by atoms with Crippen LogP contribution >= 0.6 is 11.8 Å². The SMILES string of the molecule is O=C(CSc1ncccn1)N1CCOC(COc2ccc(-n3cncn3)cc2)C1. The Hall–Kier alpha value is -2.98. The van der Waals surface area contributed by atoms with Gasteiger partial charge in [0.1, 0.15) is 31.1 Å². The van der Waals surface area contributed by atoms with Gasteiger partial charge in [-0.3, -0.25) is 4.79 Å². The highest BCUT2D eigenvalue weighted by atomic mass is 32.2. The molecule has 1 unspecified atom stereocenters. The lowest BCUT2D eigenvalue weighted by molar-refractivity contribution is -0.137. The number of aromatic nitrogens is 5. The first kappa shape index (κ1) is 19.3. The maximum absolute atomic E-state index is 12.5. The molecule has 10 heteroatoms. The normalized spacial score (nSPS) is 16.6. The summed E-state index contributed by atoms with van der Waals surface area (Å²) < 4.78 is 13.3. The first-order valence-electron chi connectivity index (χ1n) is 9.15. The summed E-state index contributed by atoms with van der Waals surface area (Å²) >= 11 is 1.34. The molecule has 0 bridgehead atoms. The van der Waals surface area contributed by atoms with Crippen LogP contribution in [0.2, 0.25) is 0 Å². The predicted octanol–water partition coefficient (Wildman–Crippen LogP) is 1.46. The number of thioether (sulfide) groups is 1. The van der Waals surface area contributed by atoms with E-state index in [0.29, 0.717) is 37.2 Å². The van der Waals surface area contributed by atoms with Gasteiger partial charge in [0.15, 0.2) is 5.16 Å². The first-order chi connectivity index (χ1) is 14.3. The van der Waals surface area contributed by atoms with Crippen molar-refractivity contribution in [2.45, 2.75) is 11.3 Å². The Morgan fingerprint density at radius 2 is 2.07 bits per heavy atom. The number of amides is 1. The van der Waals surface area contributed by atoms with Gasteiger partial charge in [0.2, 0.25) is 5.91 Å². The van der Waals surface area contributed by atoms with E-state index in [0.717, 1.165) is 11.4 Å². The van der Waals surface area contributed by atoms with Crippen LogP contribution in [0, 0.1) is 0 Å². The molecule has 0 spiro atoms. The van der Waals surface area contributed by atoms with Crippen LogP contribution in [0.15, 0.2) is 60.5 Å². The highest BCUT2D eigenvalue weighted by Gasteiger charge is 2.25. The summed E-state index contributed by atoms with van der Waals surface area (Å²) in [6.07, 6.45) is 6.30. The van der Waals surface area contributed by atoms with Gasteiger partial charge in [0.05, 0.1) is 24.6 Å². The molecule has 2 aromatic heterocycles. The molecular formula is C19H20N6O3S. The van der Waals surface area contributed by atoms with Crippen molar-refractivity contribution in [2.75, 3.05) is 32.1 Å². The zero-order valence-corrected chi connectivity index (χ0v) is 16.4. The molecule has 1 aliphatic heterocycles. The molecule has 1 saturated heterocycles. The Balaban J connectivity index is 1.25. The molecule has 1 amide bonds. The molecule has 0 saturated carbocycles. The number of ether oxygens (including phenoxy) is 2. The van der Waals surface area contributed by atoms with Crippen LogP contribution in [-0.4, -0.2) is 73.7 Å². The Labute approximate surface area is 172 Å². The monoisotopic (exact) mass is 412 g/mol. The van der Waals surface area contributed by atoms with Crippen molar-refractivity contribution in [3.05, 3.63) is 55.4 Å². The minimum absolute atomic E-state index is 0.0490. The summed E-state index contributed by atoms with van der Waals surface area (Å²) in [7, 11) is 0. The lowest BCUT2D eigenvalue weighted by atomic mass is 10.2. The highest BCUT2D eigenvalue weighted by molar-refractivity contribution is 7.99. The van der Waals surface area contributed by atoms with E-state index in [2.05, 4.69) is 20.1 Å². The summed E-state index contributed by atoms with van der Waals surface area (Å²) in [4.78, 5) is 26.5. The molecule has 3 heterocycles. The molecule has 0 N–H and O–H groups in total. The van der Waals surface area contributed by atoms with Crippen molar-refractivity contribution in [3.63, 3.8) is 0 Å². The molecule has 0 aliphatic carbocycles. The van der Waals surface area contributed by atoms with Crippen LogP contribution in [0.4, 0.5) is 0 Å². The van der Waals surface area contributed by atoms with E-state index in [9.17, 15) is 4.79 Å². The van der Waals surface area contributed by atoms with E-state index in [-0.39, 0.29) is 12.0 Å². The van der Waals surface area contributed by atoms with Crippen LogP contribution in [0.1, 0.15) is 0 Å². The van der Waals surface area contributed by atoms with Crippen molar-refractivity contribution >= 4 is 17.7 Å². The average molecular weight is 412 g/mol. The van der Waals surface area contributed by atoms with E-state index >= 15 is 0 Å². The van der Waals surface area contributed by atoms with Crippen LogP contribution in [0.25, 0.3) is 5.69 Å². The number of hydrogen-bond donors (Lipinski definition) is 0. The molecular weight excluding hydrogens is 392 g/mol. The van der Waals surface area contributed by atoms with Crippen molar-refractivity contribution in [3.8, 4) is 11.4 Å². The van der Waals surface area contributed by atoms with Gasteiger partial charge in [-0.05, 0) is 30.3 Å². The third kappa shape index (κ3) is 5.30. The number of morpholine rings is 1. The fourth-order valence-electron chi connectivity index (χ4n) is 2.85. The number of rotatable bonds is 7. The maximum Gasteiger partial charge on any atom is 0.233 e. The number of carbonyl (C=O) groups excluding carboxylic acids is 1. The zero-order valence-electron chi connectivity index (χ0n) is 15.6. The topological polar surface area (TPSA) is 95.3 Å². The van der Waals surface area contributed by atoms with Crippen LogP contribution in [-0.2, 0) is 9.53 Å². The van der Waals surface area contributed by atoms with Gasteiger partial charge in [-0.15, -0.1) is 0 Å². The molecule has 0 radical (unpaired) electrons. The van der Waals surface area contributed by atoms with E-state index < -0.39 is 0 Å². The van der Waals surface area contributed by atoms with Crippen molar-refractivity contribution in [1.82, 2.24) is 29.6 Å². The van der Waals surface area contributed by atoms with Gasteiger partial charge in [0.25, 0.3) is 0 Å². The van der Waals surface area contributed by atoms with Gasteiger partial charge < -0.3 is 14.4 Å². The van der Waals surface area contributed by atoms with Gasteiger partial charge in [0, 0.05) is 18.9 Å². The lowest BCUT2D eigenvalue weighted by Gasteiger charge is -2.32. The molecule has 9 nitrogen and oxygen atoms in total. The summed E-state index contributed by atoms with van der Waals surface area (Å²) in [5, 5.41) is 4.69. The van der Waals surface area contributed by atoms with Crippen LogP contribution in [0.5, 0.6) is 5.75 Å². The van der Waals surface area contributed by atoms with Crippen molar-refractivity contribution < 1.29 is 14.3 Å². The second kappa shape index (κ2) is 9.48. The Bertz CT molecular complexity index is 907. The smallest absolute Gasteiger partial charge is 0.233 e. The van der Waals surface area contributed by atoms with E-state index in [1.807, 2.05) is 24.3 Å². The fourth-order valence-corrected chi connectivity index (χ4v) is 3.56. The second-order valence-corrected chi connectivity index (χ2v) is 7.24. The summed E-state index contributed by atoms with van der Waals surface area (Å²) in [5.74, 6) is 1.09. The standard InChI is InChI=1S/C19H20N6O3S/c26-18(12-29-19-21-6-1-7-22-19)24-8-9-27-17(10-24)11-28-16-4-2-15(3-5-16)25-14-20-13-23-25/h1-7,13-14,17H,8-12H2. The van der Waals surface area contributed by atoms with Gasteiger partial charge in [-0.2, -0.15) is 5.10 Å². The lowest BCUT2D eigenvalue weighted by Crippen LogP contribution is -2.48. The fraction of sp³-hybridized carbons (Fsp3) is 0.316. The van der Waals surface area contributed by atoms with Crippen LogP contribution < -0.4 is 4.74 Å². The molecule has 1 aromatic carbocycles. The third-order valence-corrected chi connectivity index (χ3v) is 5.17. The maximum atomic E-state index is 12.5. The summed E-state index contributed by atoms with van der Waals surface area (Å²) in [5.41, 5.74) is 0.903. The number of benzene rings is 1. The average Bonchev–Trinajstić information content (AvgIpc) is 3.32. The molecule has 4 rings (SSSR count). The summed E-state index contributed by atoms with van der Waals surface area (Å²) in [6, 6.07) is 9.31. The minimum atomic E-state index is -0.166. The zero-order chi connectivity index (χ0) is 19.9. The van der Waals surface area contributed by atoms with Gasteiger partial charge in [-0.25, -0.2) is 19.6 Å². The second-order valence-electron chi connectivity index (χ2n) is 6.30. The highest BCUT2D eigenvalue weighted by Crippen LogP contribution is 2.17. The minimum Gasteiger partial charge on any atom is -0.491 e. The number of hydrogen-bond acceptors (Lipinski definition) is 8. The summed E-state index contributed by atoms with van der Waals surface area (Å²) in [6.45, 7) is 1.96. The van der Waals surface area contributed by atoms with E-state index in [4.69, 9.17) is 9.47 Å². The molecule has 1 fully saturated rings. The number of nitrogens with zero attached hydrogens (tertiary/aromatic N) is 6. The Kier molecular flexibility index (Phi) is 6.32. The predicted molar refractivity (Wildman–Crippen MR) is 106 cm³/mol. The first-order valence-corrected chi connectivity index (χ1v) is 10.1. The van der Waals surface area contributed by atoms with E-state index in [1.165, 1.54) is 18.1 Å². The van der Waals surface area contributed by atoms with Gasteiger partial charge in [-0.1, -0.05) is 11.8 Å². The Morgan fingerprint density at radius 3 is 2.83 bits per heavy atom. The quantitative estimate of drug-likeness (QED) is 0.425. The van der Waals surface area contributed by atoms with Crippen LogP contribution in [0.3, 0.4) is 0 Å². The van der Waals surface area contributed by atoms with Gasteiger partial charge >= 0.3 is 0 Å². The largest absolute Gasteiger partial charge is 0.491 e. The molecule has 150 valence electrons. The van der Waals surface area contributed by atoms with Crippen molar-refractivity contribution in [2.24, 2.45) is 0 Å². The van der Waals surface area contributed by atoms with Crippen molar-refractivity contribution in [1.29, 1.82) is 0 Å². The molecule has 1 aliphatic rings. The molecule has 29 heavy (non-hydrogen) atoms. The van der Waals surface area contributed by atoms with E-state index in [1.54, 1.807) is 34.4 Å². The molecule has 3 aromatic rings. The molecule has 1 atom stereocenters. The Morgan fingerprint density at radius 1 is 1.24 bits per heavy atom.